The number of halogens is 1. The van der Waals surface area contributed by atoms with Crippen LogP contribution in [0.2, 0.25) is 0 Å². The highest BCUT2D eigenvalue weighted by Gasteiger charge is 2.19. The van der Waals surface area contributed by atoms with Crippen LogP contribution in [0.3, 0.4) is 0 Å². The Bertz CT molecular complexity index is 517. The molecule has 3 rings (SSSR count). The third kappa shape index (κ3) is 3.66. The highest BCUT2D eigenvalue weighted by atomic mass is 19.1. The molecule has 0 bridgehead atoms. The Balaban J connectivity index is 1.65. The molecule has 0 saturated carbocycles. The average Bonchev–Trinajstić information content (AvgIpc) is 2.58. The minimum Gasteiger partial charge on any atom is -0.378 e. The summed E-state index contributed by atoms with van der Waals surface area (Å²) in [6.45, 7) is 10.3. The van der Waals surface area contributed by atoms with Crippen LogP contribution in [-0.4, -0.2) is 56.9 Å². The van der Waals surface area contributed by atoms with Crippen molar-refractivity contribution in [2.45, 2.75) is 12.6 Å². The Hall–Kier alpha value is -1.43. The van der Waals surface area contributed by atoms with Crippen molar-refractivity contribution in [1.29, 1.82) is 0 Å². The fourth-order valence-electron chi connectivity index (χ4n) is 3.07. The minimum atomic E-state index is -0.113. The molecule has 2 aliphatic heterocycles. The van der Waals surface area contributed by atoms with E-state index in [-0.39, 0.29) is 5.82 Å². The minimum absolute atomic E-state index is 0.113. The molecule has 120 valence electrons. The van der Waals surface area contributed by atoms with E-state index in [1.54, 1.807) is 6.07 Å². The standard InChI is InChI=1S/C17H24FN3O/c1-2-15-13-20(6-5-19-15)12-14-3-4-16(11-17(14)18)21-7-9-22-10-8-21/h2-4,11,15,19H,1,5-10,12-13H2/t15-/m0/s1. The summed E-state index contributed by atoms with van der Waals surface area (Å²) in [6.07, 6.45) is 1.92. The van der Waals surface area contributed by atoms with Gasteiger partial charge in [-0.1, -0.05) is 12.1 Å². The Kier molecular flexibility index (Phi) is 5.08. The highest BCUT2D eigenvalue weighted by molar-refractivity contribution is 5.48. The molecule has 5 heteroatoms. The molecule has 1 atom stereocenters. The number of rotatable bonds is 4. The lowest BCUT2D eigenvalue weighted by atomic mass is 10.1. The van der Waals surface area contributed by atoms with Gasteiger partial charge in [0.15, 0.2) is 0 Å². The van der Waals surface area contributed by atoms with Gasteiger partial charge >= 0.3 is 0 Å². The maximum absolute atomic E-state index is 14.4. The van der Waals surface area contributed by atoms with Crippen LogP contribution < -0.4 is 10.2 Å². The fourth-order valence-corrected chi connectivity index (χ4v) is 3.07. The number of piperazine rings is 1. The van der Waals surface area contributed by atoms with E-state index < -0.39 is 0 Å². The van der Waals surface area contributed by atoms with Crippen molar-refractivity contribution in [1.82, 2.24) is 10.2 Å². The number of ether oxygens (including phenoxy) is 1. The second kappa shape index (κ2) is 7.22. The smallest absolute Gasteiger partial charge is 0.129 e. The van der Waals surface area contributed by atoms with Crippen molar-refractivity contribution in [3.05, 3.63) is 42.2 Å². The van der Waals surface area contributed by atoms with Gasteiger partial charge in [0.1, 0.15) is 5.82 Å². The molecule has 1 aromatic carbocycles. The topological polar surface area (TPSA) is 27.7 Å². The summed E-state index contributed by atoms with van der Waals surface area (Å²) in [6, 6.07) is 5.90. The number of hydrogen-bond acceptors (Lipinski definition) is 4. The zero-order valence-corrected chi connectivity index (χ0v) is 12.9. The largest absolute Gasteiger partial charge is 0.378 e. The number of nitrogens with one attached hydrogen (secondary N) is 1. The van der Waals surface area contributed by atoms with Crippen LogP contribution in [0.15, 0.2) is 30.9 Å². The van der Waals surface area contributed by atoms with E-state index in [4.69, 9.17) is 4.74 Å². The molecular weight excluding hydrogens is 281 g/mol. The van der Waals surface area contributed by atoms with Gasteiger partial charge in [0.05, 0.1) is 13.2 Å². The predicted octanol–water partition coefficient (Wildman–Crippen LogP) is 1.62. The van der Waals surface area contributed by atoms with Gasteiger partial charge in [0.25, 0.3) is 0 Å². The first-order valence-electron chi connectivity index (χ1n) is 7.95. The molecular formula is C17H24FN3O. The first kappa shape index (κ1) is 15.5. The van der Waals surface area contributed by atoms with Crippen molar-refractivity contribution < 1.29 is 9.13 Å². The second-order valence-corrected chi connectivity index (χ2v) is 5.91. The zero-order chi connectivity index (χ0) is 15.4. The Morgan fingerprint density at radius 3 is 2.86 bits per heavy atom. The van der Waals surface area contributed by atoms with E-state index in [1.807, 2.05) is 18.2 Å². The first-order valence-corrected chi connectivity index (χ1v) is 7.95. The molecule has 2 fully saturated rings. The molecule has 2 aliphatic rings. The Morgan fingerprint density at radius 2 is 2.14 bits per heavy atom. The van der Waals surface area contributed by atoms with Crippen molar-refractivity contribution in [2.24, 2.45) is 0 Å². The molecule has 22 heavy (non-hydrogen) atoms. The molecule has 1 aromatic rings. The van der Waals surface area contributed by atoms with Crippen molar-refractivity contribution >= 4 is 5.69 Å². The monoisotopic (exact) mass is 305 g/mol. The van der Waals surface area contributed by atoms with Gasteiger partial charge in [-0.05, 0) is 12.1 Å². The number of nitrogens with zero attached hydrogens (tertiary/aromatic N) is 2. The lowest BCUT2D eigenvalue weighted by Gasteiger charge is -2.32. The molecule has 0 aliphatic carbocycles. The summed E-state index contributed by atoms with van der Waals surface area (Å²) >= 11 is 0. The van der Waals surface area contributed by atoms with Gasteiger partial charge in [0, 0.05) is 56.6 Å². The van der Waals surface area contributed by atoms with Gasteiger partial charge < -0.3 is 15.0 Å². The van der Waals surface area contributed by atoms with E-state index in [2.05, 4.69) is 21.7 Å². The lowest BCUT2D eigenvalue weighted by Crippen LogP contribution is -2.49. The van der Waals surface area contributed by atoms with Gasteiger partial charge in [-0.3, -0.25) is 4.90 Å². The van der Waals surface area contributed by atoms with Crippen LogP contribution in [0.4, 0.5) is 10.1 Å². The van der Waals surface area contributed by atoms with E-state index in [0.717, 1.165) is 44.0 Å². The zero-order valence-electron chi connectivity index (χ0n) is 12.9. The summed E-state index contributed by atoms with van der Waals surface area (Å²) < 4.78 is 19.8. The SMILES string of the molecule is C=C[C@H]1CN(Cc2ccc(N3CCOCC3)cc2F)CCN1. The van der Waals surface area contributed by atoms with Crippen LogP contribution in [0, 0.1) is 5.82 Å². The van der Waals surface area contributed by atoms with Crippen molar-refractivity contribution in [2.75, 3.05) is 50.8 Å². The molecule has 2 heterocycles. The van der Waals surface area contributed by atoms with Crippen LogP contribution in [-0.2, 0) is 11.3 Å². The van der Waals surface area contributed by atoms with E-state index >= 15 is 0 Å². The molecule has 0 spiro atoms. The van der Waals surface area contributed by atoms with E-state index in [0.29, 0.717) is 25.8 Å². The van der Waals surface area contributed by atoms with Crippen molar-refractivity contribution in [3.8, 4) is 0 Å². The molecule has 0 amide bonds. The first-order chi connectivity index (χ1) is 10.8. The van der Waals surface area contributed by atoms with Gasteiger partial charge in [-0.15, -0.1) is 6.58 Å². The fraction of sp³-hybridized carbons (Fsp3) is 0.529. The van der Waals surface area contributed by atoms with Crippen LogP contribution in [0.25, 0.3) is 0 Å². The number of anilines is 1. The summed E-state index contributed by atoms with van der Waals surface area (Å²) in [5.74, 6) is -0.113. The summed E-state index contributed by atoms with van der Waals surface area (Å²) in [4.78, 5) is 4.45. The van der Waals surface area contributed by atoms with Gasteiger partial charge in [0.2, 0.25) is 0 Å². The number of morpholine rings is 1. The number of hydrogen-bond donors (Lipinski definition) is 1. The second-order valence-electron chi connectivity index (χ2n) is 5.91. The quantitative estimate of drug-likeness (QED) is 0.856. The van der Waals surface area contributed by atoms with Crippen molar-refractivity contribution in [3.63, 3.8) is 0 Å². The Morgan fingerprint density at radius 1 is 1.32 bits per heavy atom. The van der Waals surface area contributed by atoms with E-state index in [1.165, 1.54) is 0 Å². The third-order valence-electron chi connectivity index (χ3n) is 4.38. The maximum Gasteiger partial charge on any atom is 0.129 e. The molecule has 1 N–H and O–H groups in total. The highest BCUT2D eigenvalue weighted by Crippen LogP contribution is 2.21. The van der Waals surface area contributed by atoms with Gasteiger partial charge in [-0.25, -0.2) is 4.39 Å². The summed E-state index contributed by atoms with van der Waals surface area (Å²) in [7, 11) is 0. The predicted molar refractivity (Wildman–Crippen MR) is 86.7 cm³/mol. The van der Waals surface area contributed by atoms with Crippen LogP contribution >= 0.6 is 0 Å². The van der Waals surface area contributed by atoms with Gasteiger partial charge in [-0.2, -0.15) is 0 Å². The Labute approximate surface area is 131 Å². The maximum atomic E-state index is 14.4. The van der Waals surface area contributed by atoms with Crippen LogP contribution in [0.5, 0.6) is 0 Å². The molecule has 0 unspecified atom stereocenters. The lowest BCUT2D eigenvalue weighted by molar-refractivity contribution is 0.122. The number of benzene rings is 1. The summed E-state index contributed by atoms with van der Waals surface area (Å²) in [5, 5.41) is 3.38. The molecule has 4 nitrogen and oxygen atoms in total. The molecule has 0 aromatic heterocycles. The summed E-state index contributed by atoms with van der Waals surface area (Å²) in [5.41, 5.74) is 1.72. The van der Waals surface area contributed by atoms with Crippen LogP contribution in [0.1, 0.15) is 5.56 Å². The van der Waals surface area contributed by atoms with E-state index in [9.17, 15) is 4.39 Å². The third-order valence-corrected chi connectivity index (χ3v) is 4.38. The normalized spacial score (nSPS) is 23.5. The molecule has 0 radical (unpaired) electrons. The molecule has 2 saturated heterocycles. The average molecular weight is 305 g/mol.